The molecule has 2 aromatic rings. The second-order valence-corrected chi connectivity index (χ2v) is 5.03. The van der Waals surface area contributed by atoms with Gasteiger partial charge in [0, 0.05) is 24.3 Å². The molecule has 0 aliphatic rings. The van der Waals surface area contributed by atoms with E-state index in [1.807, 2.05) is 30.3 Å². The van der Waals surface area contributed by atoms with Gasteiger partial charge in [-0.2, -0.15) is 0 Å². The van der Waals surface area contributed by atoms with Crippen LogP contribution in [0.1, 0.15) is 19.4 Å². The van der Waals surface area contributed by atoms with Crippen molar-refractivity contribution in [1.82, 2.24) is 0 Å². The predicted molar refractivity (Wildman–Crippen MR) is 88.3 cm³/mol. The van der Waals surface area contributed by atoms with Crippen LogP contribution in [0, 0.1) is 5.92 Å². The molecule has 2 rings (SSSR count). The molecule has 0 heterocycles. The fraction of sp³-hybridized carbons (Fsp3) is 0.294. The van der Waals surface area contributed by atoms with Crippen LogP contribution in [0.25, 0.3) is 10.8 Å². The number of nitrogens with zero attached hydrogens (tertiary/aromatic N) is 1. The summed E-state index contributed by atoms with van der Waals surface area (Å²) in [7, 11) is 1.00. The van der Waals surface area contributed by atoms with E-state index in [0.717, 1.165) is 35.3 Å². The molecule has 0 saturated carbocycles. The van der Waals surface area contributed by atoms with Crippen LogP contribution in [0.2, 0.25) is 0 Å². The van der Waals surface area contributed by atoms with Gasteiger partial charge in [-0.05, 0) is 17.4 Å². The second kappa shape index (κ2) is 11.5. The summed E-state index contributed by atoms with van der Waals surface area (Å²) >= 11 is 1.06. The predicted octanol–water partition coefficient (Wildman–Crippen LogP) is 2.56. The van der Waals surface area contributed by atoms with Crippen molar-refractivity contribution < 1.29 is 41.2 Å². The number of hydrogen-bond donors (Lipinski definition) is 3. The molecule has 0 radical (unpaired) electrons. The number of phenols is 1. The van der Waals surface area contributed by atoms with Gasteiger partial charge in [-0.1, -0.05) is 44.2 Å². The Hall–Kier alpha value is -2.02. The molecule has 0 aliphatic heterocycles. The Balaban J connectivity index is 0.00000123. The number of benzene rings is 2. The van der Waals surface area contributed by atoms with Crippen LogP contribution in [0.3, 0.4) is 0 Å². The van der Waals surface area contributed by atoms with Crippen molar-refractivity contribution in [3.63, 3.8) is 0 Å². The summed E-state index contributed by atoms with van der Waals surface area (Å²) in [4.78, 5) is 15.2. The molecule has 0 saturated heterocycles. The van der Waals surface area contributed by atoms with Crippen LogP contribution in [0.4, 0.5) is 0 Å². The van der Waals surface area contributed by atoms with E-state index in [-0.39, 0.29) is 11.7 Å². The van der Waals surface area contributed by atoms with Crippen molar-refractivity contribution in [3.8, 4) is 5.75 Å². The van der Waals surface area contributed by atoms with E-state index < -0.39 is 12.0 Å². The Kier molecular flexibility index (Phi) is 10.5. The molecule has 0 fully saturated rings. The van der Waals surface area contributed by atoms with Gasteiger partial charge in [0.2, 0.25) is 0 Å². The zero-order chi connectivity index (χ0) is 18.7. The molecule has 0 aliphatic carbocycles. The Bertz CT molecular complexity index is 688. The second-order valence-electron chi connectivity index (χ2n) is 5.03. The molecular weight excluding hydrogens is 349 g/mol. The summed E-state index contributed by atoms with van der Waals surface area (Å²) in [6.07, 6.45) is 1.43. The molecule has 3 N–H and O–H groups in total. The van der Waals surface area contributed by atoms with Crippen molar-refractivity contribution >= 4 is 23.0 Å². The molecule has 2 aromatic carbocycles. The van der Waals surface area contributed by atoms with Gasteiger partial charge in [-0.15, -0.1) is 0 Å². The average molecular weight is 370 g/mol. The van der Waals surface area contributed by atoms with Crippen LogP contribution < -0.4 is 0 Å². The number of aromatic hydroxyl groups is 1. The van der Waals surface area contributed by atoms with Gasteiger partial charge >= 0.3 is 27.0 Å². The Morgan fingerprint density at radius 3 is 2.25 bits per heavy atom. The van der Waals surface area contributed by atoms with E-state index in [1.165, 1.54) is 6.21 Å². The molecule has 0 aromatic heterocycles. The van der Waals surface area contributed by atoms with E-state index in [9.17, 15) is 9.90 Å². The van der Waals surface area contributed by atoms with Crippen molar-refractivity contribution in [2.75, 3.05) is 7.11 Å². The van der Waals surface area contributed by atoms with Gasteiger partial charge in [0.15, 0.2) is 0 Å². The molecule has 24 heavy (non-hydrogen) atoms. The molecule has 6 nitrogen and oxygen atoms in total. The Morgan fingerprint density at radius 1 is 1.12 bits per heavy atom. The molecule has 0 spiro atoms. The Labute approximate surface area is 150 Å². The van der Waals surface area contributed by atoms with Crippen LogP contribution in [0.15, 0.2) is 41.4 Å². The number of aliphatic imine (C=N–C) groups is 1. The molecule has 0 unspecified atom stereocenters. The first-order valence-corrected chi connectivity index (χ1v) is 7.67. The van der Waals surface area contributed by atoms with Crippen LogP contribution in [-0.4, -0.2) is 40.7 Å². The first-order chi connectivity index (χ1) is 11.5. The van der Waals surface area contributed by atoms with Crippen molar-refractivity contribution in [3.05, 3.63) is 42.0 Å². The summed E-state index contributed by atoms with van der Waals surface area (Å²) in [6, 6.07) is 10.3. The van der Waals surface area contributed by atoms with Gasteiger partial charge in [0.1, 0.15) is 11.8 Å². The number of carboxylic acid groups (broad SMARTS) is 1. The third kappa shape index (κ3) is 5.88. The summed E-state index contributed by atoms with van der Waals surface area (Å²) in [6.45, 7) is 3.60. The topological polar surface area (TPSA) is 107 Å². The third-order valence-electron chi connectivity index (χ3n) is 3.19. The van der Waals surface area contributed by atoms with E-state index in [2.05, 4.69) is 4.99 Å². The maximum absolute atomic E-state index is 11.1. The number of fused-ring (bicyclic) bond motifs is 1. The molecule has 7 heteroatoms. The van der Waals surface area contributed by atoms with Gasteiger partial charge in [0.05, 0.1) is 0 Å². The van der Waals surface area contributed by atoms with E-state index in [4.69, 9.17) is 13.9 Å². The zero-order valence-corrected chi connectivity index (χ0v) is 15.1. The van der Waals surface area contributed by atoms with Gasteiger partial charge in [0.25, 0.3) is 0 Å². The first-order valence-electron chi connectivity index (χ1n) is 7.10. The van der Waals surface area contributed by atoms with Crippen molar-refractivity contribution in [1.29, 1.82) is 0 Å². The van der Waals surface area contributed by atoms with Crippen LogP contribution in [0.5, 0.6) is 5.75 Å². The average Bonchev–Trinajstić information content (AvgIpc) is 2.60. The van der Waals surface area contributed by atoms with Gasteiger partial charge in [-0.3, -0.25) is 4.99 Å². The first kappa shape index (κ1) is 22.0. The summed E-state index contributed by atoms with van der Waals surface area (Å²) in [5.41, 5.74) is 0.524. The molecule has 1 atom stereocenters. The molecule has 129 valence electrons. The molecule has 0 amide bonds. The third-order valence-corrected chi connectivity index (χ3v) is 3.19. The number of aliphatic hydroxyl groups is 1. The zero-order valence-electron chi connectivity index (χ0n) is 13.7. The number of rotatable bonds is 4. The number of hydrogen-bond acceptors (Lipinski definition) is 5. The number of carboxylic acids is 1. The normalized spacial score (nSPS) is 11.3. The number of carbonyl (C=O) groups is 1. The van der Waals surface area contributed by atoms with Crippen molar-refractivity contribution in [2.45, 2.75) is 19.9 Å². The summed E-state index contributed by atoms with van der Waals surface area (Å²) < 4.78 is 8.19. The standard InChI is InChI=1S/C16H17NO3.CH4O.O.V/c1-10(2)14(16(19)20)17-9-12-8-7-11-5-3-4-6-13(11)15(12)18;1-2;;/h3-10,14,18H,1-2H3,(H,19,20);2H,1H3;;/t14-;;;/m0.../s1. The Morgan fingerprint density at radius 2 is 1.71 bits per heavy atom. The van der Waals surface area contributed by atoms with E-state index in [1.54, 1.807) is 19.9 Å². The number of phenolic OH excluding ortho intramolecular Hbond substituents is 1. The SMILES string of the molecule is CC(C)[C@H](N=Cc1ccc2ccccc2c1O)C(=O)O.CO.[O]=[V]. The van der Waals surface area contributed by atoms with Gasteiger partial charge < -0.3 is 15.3 Å². The van der Waals surface area contributed by atoms with Crippen LogP contribution >= 0.6 is 0 Å². The maximum atomic E-state index is 11.1. The monoisotopic (exact) mass is 370 g/mol. The minimum absolute atomic E-state index is 0.105. The number of aliphatic hydroxyl groups excluding tert-OH is 1. The van der Waals surface area contributed by atoms with Gasteiger partial charge in [-0.25, -0.2) is 4.79 Å². The van der Waals surface area contributed by atoms with Crippen LogP contribution in [-0.2, 0) is 25.8 Å². The fourth-order valence-corrected chi connectivity index (χ4v) is 2.06. The quantitative estimate of drug-likeness (QED) is 0.717. The molecule has 0 bridgehead atoms. The summed E-state index contributed by atoms with van der Waals surface area (Å²) in [5.74, 6) is -0.942. The molecular formula is C17H21NO5V. The van der Waals surface area contributed by atoms with E-state index in [0.29, 0.717) is 5.56 Å². The minimum atomic E-state index is -0.962. The van der Waals surface area contributed by atoms with Crippen molar-refractivity contribution in [2.24, 2.45) is 10.9 Å². The fourth-order valence-electron chi connectivity index (χ4n) is 2.06. The van der Waals surface area contributed by atoms with E-state index >= 15 is 0 Å². The number of aliphatic carboxylic acids is 1. The summed E-state index contributed by atoms with van der Waals surface area (Å²) in [5, 5.41) is 27.9.